The number of hydrogen-bond acceptors (Lipinski definition) is 3. The van der Waals surface area contributed by atoms with Crippen LogP contribution in [0.2, 0.25) is 0 Å². The van der Waals surface area contributed by atoms with Crippen molar-refractivity contribution in [3.63, 3.8) is 0 Å². The van der Waals surface area contributed by atoms with Gasteiger partial charge in [-0.25, -0.2) is 0 Å². The molecule has 17 heavy (non-hydrogen) atoms. The Morgan fingerprint density at radius 1 is 1.59 bits per heavy atom. The standard InChI is InChI=1S/C13H18N2O2/c1-15-13(16)8-11(14)9-4-5-12-10(7-9)3-2-6-17-12/h4-5,7,11H,2-3,6,8,14H2,1H3,(H,15,16). The Morgan fingerprint density at radius 2 is 2.41 bits per heavy atom. The van der Waals surface area contributed by atoms with Gasteiger partial charge in [-0.3, -0.25) is 4.79 Å². The molecule has 1 aliphatic rings. The zero-order chi connectivity index (χ0) is 12.3. The first kappa shape index (κ1) is 11.9. The Labute approximate surface area is 101 Å². The van der Waals surface area contributed by atoms with Gasteiger partial charge in [0.1, 0.15) is 5.75 Å². The van der Waals surface area contributed by atoms with E-state index in [4.69, 9.17) is 10.5 Å². The molecule has 0 saturated heterocycles. The molecule has 0 spiro atoms. The number of carbonyl (C=O) groups excluding carboxylic acids is 1. The Balaban J connectivity index is 2.13. The van der Waals surface area contributed by atoms with E-state index < -0.39 is 0 Å². The lowest BCUT2D eigenvalue weighted by atomic mass is 9.98. The van der Waals surface area contributed by atoms with E-state index in [9.17, 15) is 4.79 Å². The number of aryl methyl sites for hydroxylation is 1. The van der Waals surface area contributed by atoms with Crippen molar-refractivity contribution in [1.29, 1.82) is 0 Å². The first-order valence-electron chi connectivity index (χ1n) is 5.92. The molecule has 4 heteroatoms. The summed E-state index contributed by atoms with van der Waals surface area (Å²) < 4.78 is 5.54. The molecule has 1 atom stereocenters. The molecule has 1 aromatic rings. The SMILES string of the molecule is CNC(=O)CC(N)c1ccc2c(c1)CCCO2. The minimum atomic E-state index is -0.248. The summed E-state index contributed by atoms with van der Waals surface area (Å²) in [5, 5.41) is 2.58. The molecule has 1 aromatic carbocycles. The molecule has 4 nitrogen and oxygen atoms in total. The lowest BCUT2D eigenvalue weighted by Gasteiger charge is -2.19. The van der Waals surface area contributed by atoms with Gasteiger partial charge in [0.05, 0.1) is 6.61 Å². The second-order valence-electron chi connectivity index (χ2n) is 4.30. The summed E-state index contributed by atoms with van der Waals surface area (Å²) in [5.74, 6) is 0.915. The highest BCUT2D eigenvalue weighted by atomic mass is 16.5. The predicted molar refractivity (Wildman–Crippen MR) is 65.9 cm³/mol. The van der Waals surface area contributed by atoms with Gasteiger partial charge >= 0.3 is 0 Å². The molecule has 2 rings (SSSR count). The van der Waals surface area contributed by atoms with Crippen LogP contribution < -0.4 is 15.8 Å². The zero-order valence-electron chi connectivity index (χ0n) is 10.0. The van der Waals surface area contributed by atoms with E-state index in [0.29, 0.717) is 6.42 Å². The quantitative estimate of drug-likeness (QED) is 0.824. The second kappa shape index (κ2) is 5.19. The smallest absolute Gasteiger partial charge is 0.221 e. The number of carbonyl (C=O) groups is 1. The van der Waals surface area contributed by atoms with Crippen molar-refractivity contribution in [3.8, 4) is 5.75 Å². The number of nitrogens with two attached hydrogens (primary N) is 1. The van der Waals surface area contributed by atoms with Gasteiger partial charge in [0.15, 0.2) is 0 Å². The van der Waals surface area contributed by atoms with Crippen LogP contribution in [0.4, 0.5) is 0 Å². The second-order valence-corrected chi connectivity index (χ2v) is 4.30. The van der Waals surface area contributed by atoms with Gasteiger partial charge in [-0.2, -0.15) is 0 Å². The van der Waals surface area contributed by atoms with Crippen LogP contribution in [-0.4, -0.2) is 19.6 Å². The van der Waals surface area contributed by atoms with Crippen molar-refractivity contribution >= 4 is 5.91 Å². The van der Waals surface area contributed by atoms with Crippen molar-refractivity contribution in [2.24, 2.45) is 5.73 Å². The normalized spacial score (nSPS) is 15.6. The van der Waals surface area contributed by atoms with Crippen LogP contribution in [0.5, 0.6) is 5.75 Å². The van der Waals surface area contributed by atoms with Crippen molar-refractivity contribution in [3.05, 3.63) is 29.3 Å². The maximum atomic E-state index is 11.3. The topological polar surface area (TPSA) is 64.4 Å². The van der Waals surface area contributed by atoms with Gasteiger partial charge in [-0.15, -0.1) is 0 Å². The highest BCUT2D eigenvalue weighted by Crippen LogP contribution is 2.27. The molecule has 1 amide bonds. The van der Waals surface area contributed by atoms with E-state index in [2.05, 4.69) is 11.4 Å². The fourth-order valence-corrected chi connectivity index (χ4v) is 2.03. The van der Waals surface area contributed by atoms with E-state index in [1.165, 1.54) is 5.56 Å². The highest BCUT2D eigenvalue weighted by Gasteiger charge is 2.15. The minimum absolute atomic E-state index is 0.0357. The van der Waals surface area contributed by atoms with Crippen LogP contribution in [-0.2, 0) is 11.2 Å². The molecule has 92 valence electrons. The molecule has 1 heterocycles. The van der Waals surface area contributed by atoms with Gasteiger partial charge in [-0.05, 0) is 30.0 Å². The summed E-state index contributed by atoms with van der Waals surface area (Å²) in [6.07, 6.45) is 2.38. The van der Waals surface area contributed by atoms with Crippen LogP contribution in [0.1, 0.15) is 30.0 Å². The average molecular weight is 234 g/mol. The number of nitrogens with one attached hydrogen (secondary N) is 1. The first-order chi connectivity index (χ1) is 8.20. The summed E-state index contributed by atoms with van der Waals surface area (Å²) in [6, 6.07) is 5.70. The molecule has 0 bridgehead atoms. The fourth-order valence-electron chi connectivity index (χ4n) is 2.03. The molecule has 3 N–H and O–H groups in total. The van der Waals surface area contributed by atoms with Crippen molar-refractivity contribution < 1.29 is 9.53 Å². The highest BCUT2D eigenvalue weighted by molar-refractivity contribution is 5.76. The zero-order valence-corrected chi connectivity index (χ0v) is 10.0. The van der Waals surface area contributed by atoms with Gasteiger partial charge in [0.2, 0.25) is 5.91 Å². The number of ether oxygens (including phenoxy) is 1. The number of amides is 1. The average Bonchev–Trinajstić information content (AvgIpc) is 2.38. The van der Waals surface area contributed by atoms with Crippen molar-refractivity contribution in [1.82, 2.24) is 5.32 Å². The van der Waals surface area contributed by atoms with Crippen LogP contribution >= 0.6 is 0 Å². The molecule has 0 aliphatic carbocycles. The maximum Gasteiger partial charge on any atom is 0.221 e. The van der Waals surface area contributed by atoms with Gasteiger partial charge < -0.3 is 15.8 Å². The third-order valence-electron chi connectivity index (χ3n) is 3.04. The Kier molecular flexibility index (Phi) is 3.64. The molecular weight excluding hydrogens is 216 g/mol. The summed E-state index contributed by atoms with van der Waals surface area (Å²) in [5.41, 5.74) is 8.20. The minimum Gasteiger partial charge on any atom is -0.493 e. The monoisotopic (exact) mass is 234 g/mol. The van der Waals surface area contributed by atoms with E-state index in [-0.39, 0.29) is 11.9 Å². The Morgan fingerprint density at radius 3 is 3.18 bits per heavy atom. The summed E-state index contributed by atoms with van der Waals surface area (Å²) >= 11 is 0. The third-order valence-corrected chi connectivity index (χ3v) is 3.04. The van der Waals surface area contributed by atoms with Crippen LogP contribution in [0.3, 0.4) is 0 Å². The van der Waals surface area contributed by atoms with Crippen LogP contribution in [0.15, 0.2) is 18.2 Å². The molecular formula is C13H18N2O2. The van der Waals surface area contributed by atoms with E-state index in [1.807, 2.05) is 12.1 Å². The molecule has 0 radical (unpaired) electrons. The molecule has 0 aromatic heterocycles. The number of rotatable bonds is 3. The first-order valence-corrected chi connectivity index (χ1v) is 5.92. The predicted octanol–water partition coefficient (Wildman–Crippen LogP) is 1.15. The van der Waals surface area contributed by atoms with Crippen LogP contribution in [0.25, 0.3) is 0 Å². The number of hydrogen-bond donors (Lipinski definition) is 2. The van der Waals surface area contributed by atoms with E-state index in [1.54, 1.807) is 7.05 Å². The Hall–Kier alpha value is -1.55. The fraction of sp³-hybridized carbons (Fsp3) is 0.462. The van der Waals surface area contributed by atoms with Crippen LogP contribution in [0, 0.1) is 0 Å². The molecule has 0 saturated carbocycles. The van der Waals surface area contributed by atoms with Gasteiger partial charge in [0, 0.05) is 19.5 Å². The lowest BCUT2D eigenvalue weighted by Crippen LogP contribution is -2.24. The summed E-state index contributed by atoms with van der Waals surface area (Å²) in [7, 11) is 1.62. The van der Waals surface area contributed by atoms with Gasteiger partial charge in [0.25, 0.3) is 0 Å². The maximum absolute atomic E-state index is 11.3. The third kappa shape index (κ3) is 2.77. The molecule has 0 fully saturated rings. The largest absolute Gasteiger partial charge is 0.493 e. The van der Waals surface area contributed by atoms with E-state index >= 15 is 0 Å². The summed E-state index contributed by atoms with van der Waals surface area (Å²) in [4.78, 5) is 11.3. The van der Waals surface area contributed by atoms with E-state index in [0.717, 1.165) is 30.8 Å². The Bertz CT molecular complexity index is 418. The number of fused-ring (bicyclic) bond motifs is 1. The van der Waals surface area contributed by atoms with Gasteiger partial charge in [-0.1, -0.05) is 12.1 Å². The number of benzene rings is 1. The van der Waals surface area contributed by atoms with Crippen molar-refractivity contribution in [2.75, 3.05) is 13.7 Å². The summed E-state index contributed by atoms with van der Waals surface area (Å²) in [6.45, 7) is 0.788. The van der Waals surface area contributed by atoms with Crippen molar-refractivity contribution in [2.45, 2.75) is 25.3 Å². The lowest BCUT2D eigenvalue weighted by molar-refractivity contribution is -0.120. The molecule has 1 unspecified atom stereocenters. The molecule has 1 aliphatic heterocycles.